The number of carbonyl (C=O) groups excluding carboxylic acids is 1. The van der Waals surface area contributed by atoms with E-state index in [0.29, 0.717) is 23.5 Å². The average Bonchev–Trinajstić information content (AvgIpc) is 2.49. The summed E-state index contributed by atoms with van der Waals surface area (Å²) >= 11 is 0. The minimum atomic E-state index is -0.562. The SMILES string of the molecule is COc1ccc(CC2Oc3cc(N)ccc3NC2=O)cc1. The van der Waals surface area contributed by atoms with Gasteiger partial charge in [0.15, 0.2) is 6.10 Å². The number of benzene rings is 2. The van der Waals surface area contributed by atoms with Crippen LogP contribution >= 0.6 is 0 Å². The Labute approximate surface area is 122 Å². The molecular weight excluding hydrogens is 268 g/mol. The third-order valence-electron chi connectivity index (χ3n) is 3.41. The first kappa shape index (κ1) is 13.3. The summed E-state index contributed by atoms with van der Waals surface area (Å²) in [6, 6.07) is 12.8. The fourth-order valence-electron chi connectivity index (χ4n) is 2.27. The second-order valence-corrected chi connectivity index (χ2v) is 4.90. The standard InChI is InChI=1S/C16H16N2O3/c1-20-12-5-2-10(3-6-12)8-15-16(19)18-13-7-4-11(17)9-14(13)21-15/h2-7,9,15H,8,17H2,1H3,(H,18,19). The van der Waals surface area contributed by atoms with Crippen molar-refractivity contribution in [2.24, 2.45) is 0 Å². The molecule has 1 amide bonds. The molecular formula is C16H16N2O3. The molecule has 0 radical (unpaired) electrons. The number of nitrogens with one attached hydrogen (secondary N) is 1. The maximum Gasteiger partial charge on any atom is 0.265 e. The zero-order valence-corrected chi connectivity index (χ0v) is 11.6. The summed E-state index contributed by atoms with van der Waals surface area (Å²) in [7, 11) is 1.62. The molecule has 5 nitrogen and oxygen atoms in total. The van der Waals surface area contributed by atoms with Crippen molar-refractivity contribution in [3.8, 4) is 11.5 Å². The Balaban J connectivity index is 1.78. The van der Waals surface area contributed by atoms with E-state index in [2.05, 4.69) is 5.32 Å². The normalized spacial score (nSPS) is 16.6. The molecule has 2 aromatic rings. The van der Waals surface area contributed by atoms with Crippen molar-refractivity contribution in [3.63, 3.8) is 0 Å². The van der Waals surface area contributed by atoms with Gasteiger partial charge in [0.25, 0.3) is 5.91 Å². The van der Waals surface area contributed by atoms with Gasteiger partial charge in [-0.15, -0.1) is 0 Å². The Morgan fingerprint density at radius 1 is 1.24 bits per heavy atom. The highest BCUT2D eigenvalue weighted by atomic mass is 16.5. The third kappa shape index (κ3) is 2.76. The molecule has 1 heterocycles. The highest BCUT2D eigenvalue weighted by molar-refractivity contribution is 5.98. The lowest BCUT2D eigenvalue weighted by Gasteiger charge is -2.26. The molecule has 0 saturated heterocycles. The van der Waals surface area contributed by atoms with Gasteiger partial charge in [-0.1, -0.05) is 12.1 Å². The van der Waals surface area contributed by atoms with Crippen molar-refractivity contribution in [2.75, 3.05) is 18.2 Å². The zero-order valence-electron chi connectivity index (χ0n) is 11.6. The molecule has 2 aromatic carbocycles. The first-order valence-corrected chi connectivity index (χ1v) is 6.65. The number of rotatable bonds is 3. The Bertz CT molecular complexity index is 668. The van der Waals surface area contributed by atoms with E-state index < -0.39 is 6.10 Å². The van der Waals surface area contributed by atoms with Crippen LogP contribution in [0.3, 0.4) is 0 Å². The van der Waals surface area contributed by atoms with Crippen LogP contribution < -0.4 is 20.5 Å². The molecule has 21 heavy (non-hydrogen) atoms. The number of methoxy groups -OCH3 is 1. The van der Waals surface area contributed by atoms with Crippen LogP contribution in [-0.4, -0.2) is 19.1 Å². The number of nitrogens with two attached hydrogens (primary N) is 1. The number of amides is 1. The molecule has 1 aliphatic heterocycles. The predicted molar refractivity (Wildman–Crippen MR) is 80.6 cm³/mol. The second-order valence-electron chi connectivity index (χ2n) is 4.90. The van der Waals surface area contributed by atoms with Crippen LogP contribution in [0.15, 0.2) is 42.5 Å². The van der Waals surface area contributed by atoms with E-state index in [4.69, 9.17) is 15.2 Å². The van der Waals surface area contributed by atoms with E-state index in [1.807, 2.05) is 24.3 Å². The third-order valence-corrected chi connectivity index (χ3v) is 3.41. The molecule has 0 aromatic heterocycles. The van der Waals surface area contributed by atoms with Crippen LogP contribution in [-0.2, 0) is 11.2 Å². The average molecular weight is 284 g/mol. The van der Waals surface area contributed by atoms with Crippen LogP contribution in [0, 0.1) is 0 Å². The molecule has 1 atom stereocenters. The van der Waals surface area contributed by atoms with Gasteiger partial charge >= 0.3 is 0 Å². The highest BCUT2D eigenvalue weighted by Gasteiger charge is 2.27. The highest BCUT2D eigenvalue weighted by Crippen LogP contribution is 2.32. The number of ether oxygens (including phenoxy) is 2. The molecule has 0 saturated carbocycles. The lowest BCUT2D eigenvalue weighted by molar-refractivity contribution is -0.123. The van der Waals surface area contributed by atoms with Crippen LogP contribution in [0.25, 0.3) is 0 Å². The van der Waals surface area contributed by atoms with E-state index in [1.54, 1.807) is 25.3 Å². The van der Waals surface area contributed by atoms with Gasteiger partial charge in [0, 0.05) is 18.2 Å². The van der Waals surface area contributed by atoms with Crippen molar-refractivity contribution >= 4 is 17.3 Å². The number of hydrogen-bond donors (Lipinski definition) is 2. The molecule has 0 spiro atoms. The Morgan fingerprint density at radius 3 is 2.71 bits per heavy atom. The van der Waals surface area contributed by atoms with Crippen molar-refractivity contribution in [1.29, 1.82) is 0 Å². The first-order valence-electron chi connectivity index (χ1n) is 6.65. The summed E-state index contributed by atoms with van der Waals surface area (Å²) in [6.07, 6.45) is -0.0722. The van der Waals surface area contributed by atoms with E-state index in [-0.39, 0.29) is 5.91 Å². The smallest absolute Gasteiger partial charge is 0.265 e. The summed E-state index contributed by atoms with van der Waals surface area (Å²) in [4.78, 5) is 12.1. The van der Waals surface area contributed by atoms with Gasteiger partial charge < -0.3 is 20.5 Å². The van der Waals surface area contributed by atoms with Crippen LogP contribution in [0.5, 0.6) is 11.5 Å². The number of anilines is 2. The fraction of sp³-hybridized carbons (Fsp3) is 0.188. The summed E-state index contributed by atoms with van der Waals surface area (Å²) in [5, 5.41) is 2.84. The van der Waals surface area contributed by atoms with Crippen molar-refractivity contribution in [3.05, 3.63) is 48.0 Å². The summed E-state index contributed by atoms with van der Waals surface area (Å²) in [6.45, 7) is 0. The van der Waals surface area contributed by atoms with Gasteiger partial charge in [-0.25, -0.2) is 0 Å². The van der Waals surface area contributed by atoms with Gasteiger partial charge in [-0.3, -0.25) is 4.79 Å². The van der Waals surface area contributed by atoms with Crippen LogP contribution in [0.2, 0.25) is 0 Å². The Morgan fingerprint density at radius 2 is 2.00 bits per heavy atom. The van der Waals surface area contributed by atoms with Gasteiger partial charge in [0.05, 0.1) is 12.8 Å². The predicted octanol–water partition coefficient (Wildman–Crippen LogP) is 2.22. The van der Waals surface area contributed by atoms with Crippen LogP contribution in [0.1, 0.15) is 5.56 Å². The monoisotopic (exact) mass is 284 g/mol. The summed E-state index contributed by atoms with van der Waals surface area (Å²) < 4.78 is 10.9. The first-order chi connectivity index (χ1) is 10.2. The molecule has 0 fully saturated rings. The quantitative estimate of drug-likeness (QED) is 0.848. The van der Waals surface area contributed by atoms with Gasteiger partial charge in [0.1, 0.15) is 11.5 Å². The van der Waals surface area contributed by atoms with Crippen molar-refractivity contribution in [1.82, 2.24) is 0 Å². The molecule has 0 aliphatic carbocycles. The van der Waals surface area contributed by atoms with Crippen molar-refractivity contribution < 1.29 is 14.3 Å². The maximum atomic E-state index is 12.1. The van der Waals surface area contributed by atoms with E-state index in [9.17, 15) is 4.79 Å². The molecule has 3 rings (SSSR count). The minimum Gasteiger partial charge on any atom is -0.497 e. The summed E-state index contributed by atoms with van der Waals surface area (Å²) in [5.41, 5.74) is 8.00. The lowest BCUT2D eigenvalue weighted by atomic mass is 10.1. The largest absolute Gasteiger partial charge is 0.497 e. The molecule has 1 aliphatic rings. The lowest BCUT2D eigenvalue weighted by Crippen LogP contribution is -2.38. The summed E-state index contributed by atoms with van der Waals surface area (Å²) in [5.74, 6) is 1.24. The van der Waals surface area contributed by atoms with Crippen LogP contribution in [0.4, 0.5) is 11.4 Å². The van der Waals surface area contributed by atoms with E-state index in [1.165, 1.54) is 0 Å². The molecule has 0 bridgehead atoms. The van der Waals surface area contributed by atoms with Crippen molar-refractivity contribution in [2.45, 2.75) is 12.5 Å². The Hall–Kier alpha value is -2.69. The number of nitrogen functional groups attached to an aromatic ring is 1. The Kier molecular flexibility index (Phi) is 3.39. The number of carbonyl (C=O) groups is 1. The van der Waals surface area contributed by atoms with Gasteiger partial charge in [-0.05, 0) is 29.8 Å². The van der Waals surface area contributed by atoms with Gasteiger partial charge in [0.2, 0.25) is 0 Å². The fourth-order valence-corrected chi connectivity index (χ4v) is 2.27. The van der Waals surface area contributed by atoms with E-state index >= 15 is 0 Å². The zero-order chi connectivity index (χ0) is 14.8. The molecule has 3 N–H and O–H groups in total. The number of fused-ring (bicyclic) bond motifs is 1. The second kappa shape index (κ2) is 5.36. The van der Waals surface area contributed by atoms with E-state index in [0.717, 1.165) is 11.3 Å². The molecule has 1 unspecified atom stereocenters. The molecule has 5 heteroatoms. The topological polar surface area (TPSA) is 73.6 Å². The maximum absolute atomic E-state index is 12.1. The van der Waals surface area contributed by atoms with Gasteiger partial charge in [-0.2, -0.15) is 0 Å². The molecule has 108 valence electrons. The number of hydrogen-bond acceptors (Lipinski definition) is 4. The minimum absolute atomic E-state index is 0.150.